The number of rotatable bonds is 7. The number of aliphatic imine (C=N–C) groups is 1. The molecule has 0 saturated carbocycles. The molecular formula is C22H20N2O6S. The quantitative estimate of drug-likeness (QED) is 0.518. The van der Waals surface area contributed by atoms with Crippen LogP contribution in [0.1, 0.15) is 22.8 Å². The van der Waals surface area contributed by atoms with E-state index in [0.717, 1.165) is 0 Å². The van der Waals surface area contributed by atoms with E-state index in [4.69, 9.17) is 9.84 Å². The number of nitrogens with zero attached hydrogens (tertiary/aromatic N) is 2. The third-order valence-electron chi connectivity index (χ3n) is 4.24. The number of methoxy groups -OCH3 is 1. The Labute approximate surface area is 183 Å². The Kier molecular flexibility index (Phi) is 7.09. The zero-order chi connectivity index (χ0) is 22.4. The minimum Gasteiger partial charge on any atom is -0.482 e. The Morgan fingerprint density at radius 3 is 2.58 bits per heavy atom. The molecule has 0 spiro atoms. The summed E-state index contributed by atoms with van der Waals surface area (Å²) in [6, 6.07) is 13.4. The van der Waals surface area contributed by atoms with E-state index >= 15 is 0 Å². The summed E-state index contributed by atoms with van der Waals surface area (Å²) in [6.45, 7) is 1.87. The van der Waals surface area contributed by atoms with Crippen LogP contribution in [-0.2, 0) is 14.3 Å². The highest BCUT2D eigenvalue weighted by atomic mass is 32.2. The first-order valence-corrected chi connectivity index (χ1v) is 10.2. The van der Waals surface area contributed by atoms with Crippen LogP contribution in [0, 0.1) is 0 Å². The van der Waals surface area contributed by atoms with E-state index < -0.39 is 18.5 Å². The van der Waals surface area contributed by atoms with E-state index in [0.29, 0.717) is 39.2 Å². The number of hydrogen-bond acceptors (Lipinski definition) is 7. The van der Waals surface area contributed by atoms with Crippen molar-refractivity contribution >= 4 is 46.5 Å². The smallest absolute Gasteiger partial charge is 0.341 e. The van der Waals surface area contributed by atoms with Crippen LogP contribution >= 0.6 is 11.8 Å². The minimum atomic E-state index is -1.07. The van der Waals surface area contributed by atoms with Crippen LogP contribution in [0.4, 0.5) is 5.69 Å². The van der Waals surface area contributed by atoms with E-state index in [1.165, 1.54) is 18.9 Å². The Morgan fingerprint density at radius 2 is 1.94 bits per heavy atom. The first kappa shape index (κ1) is 22.1. The van der Waals surface area contributed by atoms with Crippen LogP contribution in [0.3, 0.4) is 0 Å². The fraction of sp³-hybridized carbons (Fsp3) is 0.182. The maximum absolute atomic E-state index is 12.8. The van der Waals surface area contributed by atoms with Crippen molar-refractivity contribution in [1.29, 1.82) is 0 Å². The SMILES string of the molecule is CCN1C(=O)C(=Cc2cccc(OCC(=O)O)c2)SC1=Nc1ccc(C(=O)OC)cc1. The van der Waals surface area contributed by atoms with Crippen molar-refractivity contribution in [3.8, 4) is 5.75 Å². The van der Waals surface area contributed by atoms with Crippen LogP contribution in [0.2, 0.25) is 0 Å². The number of benzene rings is 2. The molecule has 8 nitrogen and oxygen atoms in total. The van der Waals surface area contributed by atoms with Crippen LogP contribution in [0.15, 0.2) is 58.4 Å². The third kappa shape index (κ3) is 5.52. The summed E-state index contributed by atoms with van der Waals surface area (Å²) in [4.78, 5) is 41.7. The summed E-state index contributed by atoms with van der Waals surface area (Å²) in [6.07, 6.45) is 1.71. The number of esters is 1. The summed E-state index contributed by atoms with van der Waals surface area (Å²) in [5.41, 5.74) is 1.73. The molecule has 1 aliphatic heterocycles. The van der Waals surface area contributed by atoms with E-state index in [1.807, 2.05) is 6.92 Å². The van der Waals surface area contributed by atoms with Crippen LogP contribution in [0.5, 0.6) is 5.75 Å². The molecule has 1 N–H and O–H groups in total. The number of amides is 1. The van der Waals surface area contributed by atoms with E-state index in [9.17, 15) is 14.4 Å². The normalized spacial score (nSPS) is 16.1. The highest BCUT2D eigenvalue weighted by Crippen LogP contribution is 2.34. The van der Waals surface area contributed by atoms with Gasteiger partial charge in [0, 0.05) is 6.54 Å². The maximum atomic E-state index is 12.8. The average Bonchev–Trinajstić information content (AvgIpc) is 3.06. The number of amidine groups is 1. The molecule has 0 bridgehead atoms. The molecule has 1 aliphatic rings. The molecule has 1 heterocycles. The molecule has 31 heavy (non-hydrogen) atoms. The summed E-state index contributed by atoms with van der Waals surface area (Å²) in [5.74, 6) is -1.27. The van der Waals surface area contributed by atoms with Gasteiger partial charge in [-0.2, -0.15) is 0 Å². The number of aliphatic carboxylic acids is 1. The average molecular weight is 440 g/mol. The van der Waals surface area contributed by atoms with Gasteiger partial charge in [-0.25, -0.2) is 14.6 Å². The monoisotopic (exact) mass is 440 g/mol. The standard InChI is InChI=1S/C22H20N2O6S/c1-3-24-20(27)18(12-14-5-4-6-17(11-14)30-13-19(25)26)31-22(24)23-16-9-7-15(8-10-16)21(28)29-2/h4-12H,3,13H2,1-2H3,(H,25,26). The number of thioether (sulfide) groups is 1. The molecule has 1 amide bonds. The van der Waals surface area contributed by atoms with E-state index in [-0.39, 0.29) is 5.91 Å². The molecule has 0 atom stereocenters. The zero-order valence-corrected chi connectivity index (χ0v) is 17.7. The number of hydrogen-bond donors (Lipinski definition) is 1. The number of carboxylic acid groups (broad SMARTS) is 1. The zero-order valence-electron chi connectivity index (χ0n) is 16.9. The molecule has 0 radical (unpaired) electrons. The molecule has 3 rings (SSSR count). The number of carboxylic acids is 1. The Hall–Kier alpha value is -3.59. The van der Waals surface area contributed by atoms with Crippen LogP contribution < -0.4 is 4.74 Å². The van der Waals surface area contributed by atoms with Gasteiger partial charge in [0.15, 0.2) is 11.8 Å². The van der Waals surface area contributed by atoms with Gasteiger partial charge in [0.05, 0.1) is 23.3 Å². The van der Waals surface area contributed by atoms with Gasteiger partial charge in [0.2, 0.25) is 0 Å². The summed E-state index contributed by atoms with van der Waals surface area (Å²) in [5, 5.41) is 9.27. The van der Waals surface area contributed by atoms with Gasteiger partial charge in [-0.15, -0.1) is 0 Å². The maximum Gasteiger partial charge on any atom is 0.341 e. The molecule has 160 valence electrons. The first-order chi connectivity index (χ1) is 14.9. The predicted octanol–water partition coefficient (Wildman–Crippen LogP) is 3.56. The molecule has 2 aromatic carbocycles. The van der Waals surface area contributed by atoms with Crippen molar-refractivity contribution in [2.75, 3.05) is 20.3 Å². The fourth-order valence-electron chi connectivity index (χ4n) is 2.76. The van der Waals surface area contributed by atoms with Gasteiger partial charge in [-0.3, -0.25) is 9.69 Å². The van der Waals surface area contributed by atoms with E-state index in [1.54, 1.807) is 59.5 Å². The Balaban J connectivity index is 1.82. The summed E-state index contributed by atoms with van der Waals surface area (Å²) in [7, 11) is 1.32. The lowest BCUT2D eigenvalue weighted by Crippen LogP contribution is -2.28. The fourth-order valence-corrected chi connectivity index (χ4v) is 3.82. The van der Waals surface area contributed by atoms with Crippen LogP contribution in [-0.4, -0.2) is 53.3 Å². The lowest BCUT2D eigenvalue weighted by atomic mass is 10.2. The lowest BCUT2D eigenvalue weighted by molar-refractivity contribution is -0.139. The third-order valence-corrected chi connectivity index (χ3v) is 5.24. The Bertz CT molecular complexity index is 1060. The van der Waals surface area contributed by atoms with Crippen molar-refractivity contribution in [3.05, 3.63) is 64.6 Å². The molecule has 0 unspecified atom stereocenters. The lowest BCUT2D eigenvalue weighted by Gasteiger charge is -2.12. The highest BCUT2D eigenvalue weighted by molar-refractivity contribution is 8.18. The van der Waals surface area contributed by atoms with E-state index in [2.05, 4.69) is 9.73 Å². The number of likely N-dealkylation sites (N-methyl/N-ethyl adjacent to an activating group) is 1. The number of carbonyl (C=O) groups is 3. The summed E-state index contributed by atoms with van der Waals surface area (Å²) >= 11 is 1.24. The van der Waals surface area contributed by atoms with Crippen LogP contribution in [0.25, 0.3) is 6.08 Å². The van der Waals surface area contributed by atoms with Gasteiger partial charge < -0.3 is 14.6 Å². The van der Waals surface area contributed by atoms with Gasteiger partial charge >= 0.3 is 11.9 Å². The first-order valence-electron chi connectivity index (χ1n) is 9.34. The van der Waals surface area contributed by atoms with Crippen molar-refractivity contribution in [2.24, 2.45) is 4.99 Å². The van der Waals surface area contributed by atoms with Gasteiger partial charge in [0.25, 0.3) is 5.91 Å². The Morgan fingerprint density at radius 1 is 1.19 bits per heavy atom. The van der Waals surface area contributed by atoms with Crippen molar-refractivity contribution in [1.82, 2.24) is 4.90 Å². The molecule has 9 heteroatoms. The summed E-state index contributed by atoms with van der Waals surface area (Å²) < 4.78 is 9.88. The number of ether oxygens (including phenoxy) is 2. The molecule has 0 aliphatic carbocycles. The van der Waals surface area contributed by atoms with Gasteiger partial charge in [-0.05, 0) is 66.7 Å². The number of carbonyl (C=O) groups excluding carboxylic acids is 2. The molecule has 2 aromatic rings. The second kappa shape index (κ2) is 9.94. The highest BCUT2D eigenvalue weighted by Gasteiger charge is 2.32. The second-order valence-corrected chi connectivity index (χ2v) is 7.36. The minimum absolute atomic E-state index is 0.172. The molecular weight excluding hydrogens is 420 g/mol. The predicted molar refractivity (Wildman–Crippen MR) is 117 cm³/mol. The molecule has 1 fully saturated rings. The van der Waals surface area contributed by atoms with Crippen molar-refractivity contribution in [2.45, 2.75) is 6.92 Å². The molecule has 1 saturated heterocycles. The molecule has 0 aromatic heterocycles. The van der Waals surface area contributed by atoms with Gasteiger partial charge in [-0.1, -0.05) is 12.1 Å². The largest absolute Gasteiger partial charge is 0.482 e. The second-order valence-electron chi connectivity index (χ2n) is 6.35. The van der Waals surface area contributed by atoms with Crippen molar-refractivity contribution < 1.29 is 29.0 Å². The van der Waals surface area contributed by atoms with Gasteiger partial charge in [0.1, 0.15) is 5.75 Å². The van der Waals surface area contributed by atoms with Crippen molar-refractivity contribution in [3.63, 3.8) is 0 Å². The topological polar surface area (TPSA) is 106 Å².